The van der Waals surface area contributed by atoms with E-state index in [1.54, 1.807) is 25.6 Å². The Balaban J connectivity index is -0.000000372. The van der Waals surface area contributed by atoms with Crippen LogP contribution in [0.15, 0.2) is 0 Å². The Morgan fingerprint density at radius 3 is 1.88 bits per heavy atom. The Morgan fingerprint density at radius 2 is 1.54 bits per heavy atom. The Hall–Kier alpha value is 0.01000. The molecule has 0 heterocycles. The predicted molar refractivity (Wildman–Crippen MR) is 111 cm³/mol. The number of esters is 1. The number of hydrogen-bond donors (Lipinski definition) is 1. The van der Waals surface area contributed by atoms with Crippen LogP contribution in [0.25, 0.3) is 0 Å². The molecule has 0 aromatic rings. The summed E-state index contributed by atoms with van der Waals surface area (Å²) in [6.45, 7) is 3.44. The summed E-state index contributed by atoms with van der Waals surface area (Å²) in [6.07, 6.45) is 8.36. The van der Waals surface area contributed by atoms with Gasteiger partial charge in [-0.3, -0.25) is 4.79 Å². The van der Waals surface area contributed by atoms with Crippen LogP contribution in [0.2, 0.25) is 0 Å². The van der Waals surface area contributed by atoms with Crippen LogP contribution >= 0.6 is 47.0 Å². The van der Waals surface area contributed by atoms with Gasteiger partial charge in [-0.1, -0.05) is 0 Å². The fourth-order valence-corrected chi connectivity index (χ4v) is 4.17. The monoisotopic (exact) mass is 417 g/mol. The van der Waals surface area contributed by atoms with Gasteiger partial charge in [-0.05, 0) is 51.0 Å². The minimum absolute atomic E-state index is 0. The fourth-order valence-electron chi connectivity index (χ4n) is 1.38. The average Bonchev–Trinajstić information content (AvgIpc) is 2.53. The second-order valence-corrected chi connectivity index (χ2v) is 9.27. The van der Waals surface area contributed by atoms with Crippen LogP contribution in [-0.4, -0.2) is 69.5 Å². The molecule has 0 unspecified atom stereocenters. The maximum atomic E-state index is 10.9. The molecule has 9 heteroatoms. The van der Waals surface area contributed by atoms with Crippen molar-refractivity contribution in [3.8, 4) is 0 Å². The van der Waals surface area contributed by atoms with Gasteiger partial charge in [0.05, 0.1) is 6.10 Å². The molecule has 0 aromatic carbocycles. The first kappa shape index (κ1) is 26.2. The molecule has 0 spiro atoms. The van der Waals surface area contributed by atoms with E-state index < -0.39 is 21.8 Å². The molecular formula is C15H29O5S4+. The molecule has 0 aliphatic heterocycles. The Morgan fingerprint density at radius 1 is 1.04 bits per heavy atom. The smallest absolute Gasteiger partial charge is 0.480 e. The highest BCUT2D eigenvalue weighted by molar-refractivity contribution is 8.18. The van der Waals surface area contributed by atoms with Gasteiger partial charge in [-0.2, -0.15) is 23.5 Å². The molecule has 0 radical (unpaired) electrons. The first-order valence-electron chi connectivity index (χ1n) is 7.26. The SMILES string of the molecule is CSCCC(=O)C(=O)OC(C)C.CSCCC(SC)(SC)C(=O)O.[H+]. The quantitative estimate of drug-likeness (QED) is 0.308. The molecule has 0 amide bonds. The summed E-state index contributed by atoms with van der Waals surface area (Å²) in [5.74, 6) is -0.284. The minimum atomic E-state index is -0.712. The van der Waals surface area contributed by atoms with E-state index in [4.69, 9.17) is 9.84 Å². The molecule has 0 aliphatic carbocycles. The zero-order valence-electron chi connectivity index (χ0n) is 16.1. The van der Waals surface area contributed by atoms with Gasteiger partial charge in [0.1, 0.15) is 0 Å². The van der Waals surface area contributed by atoms with Gasteiger partial charge in [0.25, 0.3) is 0 Å². The molecule has 0 bridgehead atoms. The summed E-state index contributed by atoms with van der Waals surface area (Å²) in [6, 6.07) is 0. The lowest BCUT2D eigenvalue weighted by molar-refractivity contribution is -0.156. The highest BCUT2D eigenvalue weighted by atomic mass is 32.2. The second kappa shape index (κ2) is 15.3. The number of hydrogen-bond acceptors (Lipinski definition) is 8. The van der Waals surface area contributed by atoms with Gasteiger partial charge in [0.2, 0.25) is 5.78 Å². The third-order valence-corrected chi connectivity index (χ3v) is 7.03. The largest absolute Gasteiger partial charge is 1.00 e. The molecule has 0 aromatic heterocycles. The first-order valence-corrected chi connectivity index (χ1v) is 12.5. The second-order valence-electron chi connectivity index (χ2n) is 4.83. The van der Waals surface area contributed by atoms with E-state index in [0.717, 1.165) is 5.75 Å². The van der Waals surface area contributed by atoms with Crippen molar-refractivity contribution in [2.45, 2.75) is 36.9 Å². The molecule has 0 rings (SSSR count). The van der Waals surface area contributed by atoms with Crippen LogP contribution in [0, 0.1) is 0 Å². The Labute approximate surface area is 163 Å². The van der Waals surface area contributed by atoms with Crippen molar-refractivity contribution in [2.75, 3.05) is 36.5 Å². The molecule has 0 saturated heterocycles. The zero-order chi connectivity index (χ0) is 19.2. The van der Waals surface area contributed by atoms with E-state index in [0.29, 0.717) is 12.2 Å². The normalized spacial score (nSPS) is 10.8. The van der Waals surface area contributed by atoms with Crippen molar-refractivity contribution in [1.29, 1.82) is 0 Å². The molecule has 5 nitrogen and oxygen atoms in total. The van der Waals surface area contributed by atoms with Crippen molar-refractivity contribution >= 4 is 64.8 Å². The van der Waals surface area contributed by atoms with E-state index in [-0.39, 0.29) is 14.0 Å². The topological polar surface area (TPSA) is 80.7 Å². The lowest BCUT2D eigenvalue weighted by atomic mass is 10.3. The number of thioether (sulfide) groups is 4. The van der Waals surface area contributed by atoms with E-state index in [1.165, 1.54) is 35.3 Å². The number of carboxylic acids is 1. The van der Waals surface area contributed by atoms with E-state index in [9.17, 15) is 14.4 Å². The lowest BCUT2D eigenvalue weighted by Crippen LogP contribution is -2.31. The standard InChI is InChI=1S/C8H14O3S.C7H14O2S3/c1-6(2)11-8(10)7(9)4-5-12-3;1-10-5-4-7(11-2,12-3)6(8)9/h6H,4-5H2,1-3H3;4-5H2,1-3H3,(H,8,9)/p+1. The summed E-state index contributed by atoms with van der Waals surface area (Å²) in [5.41, 5.74) is 0. The average molecular weight is 418 g/mol. The molecular weight excluding hydrogens is 388 g/mol. The number of ketones is 1. The van der Waals surface area contributed by atoms with Gasteiger partial charge in [0.15, 0.2) is 4.08 Å². The van der Waals surface area contributed by atoms with Gasteiger partial charge in [0, 0.05) is 12.2 Å². The van der Waals surface area contributed by atoms with Crippen molar-refractivity contribution in [1.82, 2.24) is 0 Å². The highest BCUT2D eigenvalue weighted by Gasteiger charge is 2.36. The van der Waals surface area contributed by atoms with Crippen molar-refractivity contribution in [3.63, 3.8) is 0 Å². The Bertz CT molecular complexity index is 390. The van der Waals surface area contributed by atoms with Gasteiger partial charge >= 0.3 is 13.4 Å². The van der Waals surface area contributed by atoms with Crippen LogP contribution in [0.1, 0.15) is 28.1 Å². The fraction of sp³-hybridized carbons (Fsp3) is 0.800. The molecule has 0 aliphatic rings. The number of carbonyl (C=O) groups is 3. The van der Waals surface area contributed by atoms with Gasteiger partial charge < -0.3 is 9.84 Å². The summed E-state index contributed by atoms with van der Waals surface area (Å²) in [5, 5.41) is 9.00. The van der Waals surface area contributed by atoms with Gasteiger partial charge in [-0.15, -0.1) is 23.5 Å². The maximum Gasteiger partial charge on any atom is 1.00 e. The molecule has 0 fully saturated rings. The van der Waals surface area contributed by atoms with Crippen molar-refractivity contribution < 1.29 is 25.7 Å². The number of ether oxygens (including phenoxy) is 1. The summed E-state index contributed by atoms with van der Waals surface area (Å²) >= 11 is 6.06. The maximum absolute atomic E-state index is 10.9. The van der Waals surface area contributed by atoms with Crippen LogP contribution in [0.3, 0.4) is 0 Å². The lowest BCUT2D eigenvalue weighted by Gasteiger charge is -2.24. The molecule has 1 N–H and O–H groups in total. The first-order chi connectivity index (χ1) is 11.2. The molecule has 142 valence electrons. The summed E-state index contributed by atoms with van der Waals surface area (Å²) in [4.78, 5) is 32.8. The van der Waals surface area contributed by atoms with E-state index >= 15 is 0 Å². The third-order valence-electron chi connectivity index (χ3n) is 2.72. The highest BCUT2D eigenvalue weighted by Crippen LogP contribution is 2.38. The van der Waals surface area contributed by atoms with E-state index in [1.807, 2.05) is 25.0 Å². The number of Topliss-reactive ketones (excluding diaryl/α,β-unsaturated/α-hetero) is 1. The van der Waals surface area contributed by atoms with E-state index in [2.05, 4.69) is 0 Å². The predicted octanol–water partition coefficient (Wildman–Crippen LogP) is 3.62. The third kappa shape index (κ3) is 11.5. The van der Waals surface area contributed by atoms with Crippen molar-refractivity contribution in [2.24, 2.45) is 0 Å². The Kier molecular flexibility index (Phi) is 16.7. The number of carboxylic acid groups (broad SMARTS) is 1. The van der Waals surface area contributed by atoms with Crippen LogP contribution < -0.4 is 0 Å². The zero-order valence-corrected chi connectivity index (χ0v) is 18.4. The summed E-state index contributed by atoms with van der Waals surface area (Å²) < 4.78 is 4.08. The number of aliphatic carboxylic acids is 1. The van der Waals surface area contributed by atoms with Gasteiger partial charge in [-0.25, -0.2) is 9.59 Å². The molecule has 0 saturated carbocycles. The number of rotatable bonds is 11. The van der Waals surface area contributed by atoms with Crippen LogP contribution in [-0.2, 0) is 19.1 Å². The molecule has 0 atom stereocenters. The molecule has 24 heavy (non-hydrogen) atoms. The van der Waals surface area contributed by atoms with Crippen molar-refractivity contribution in [3.05, 3.63) is 0 Å². The van der Waals surface area contributed by atoms with Crippen LogP contribution in [0.4, 0.5) is 0 Å². The van der Waals surface area contributed by atoms with Crippen LogP contribution in [0.5, 0.6) is 0 Å². The summed E-state index contributed by atoms with van der Waals surface area (Å²) in [7, 11) is 0. The minimum Gasteiger partial charge on any atom is -0.480 e. The number of carbonyl (C=O) groups excluding carboxylic acids is 2.